The van der Waals surface area contributed by atoms with Crippen molar-refractivity contribution in [1.29, 1.82) is 0 Å². The van der Waals surface area contributed by atoms with Gasteiger partial charge in [0.1, 0.15) is 5.82 Å². The molecule has 1 aliphatic heterocycles. The quantitative estimate of drug-likeness (QED) is 0.547. The van der Waals surface area contributed by atoms with E-state index in [2.05, 4.69) is 4.98 Å². The van der Waals surface area contributed by atoms with Crippen molar-refractivity contribution in [3.05, 3.63) is 76.6 Å². The summed E-state index contributed by atoms with van der Waals surface area (Å²) in [6, 6.07) is 13.5. The van der Waals surface area contributed by atoms with Gasteiger partial charge >= 0.3 is 0 Å². The fraction of sp³-hybridized carbons (Fsp3) is 0.0952. The molecule has 4 rings (SSSR count). The van der Waals surface area contributed by atoms with E-state index in [-0.39, 0.29) is 11.7 Å². The molecule has 0 radical (unpaired) electrons. The summed E-state index contributed by atoms with van der Waals surface area (Å²) < 4.78 is 13.5. The molecule has 1 aromatic heterocycles. The van der Waals surface area contributed by atoms with Crippen molar-refractivity contribution in [3.63, 3.8) is 0 Å². The van der Waals surface area contributed by atoms with Crippen LogP contribution < -0.4 is 4.90 Å². The second-order valence-electron chi connectivity index (χ2n) is 6.17. The number of fused-ring (bicyclic) bond motifs is 1. The molecule has 0 bridgehead atoms. The summed E-state index contributed by atoms with van der Waals surface area (Å²) in [4.78, 5) is 31.7. The van der Waals surface area contributed by atoms with Gasteiger partial charge in [0.25, 0.3) is 0 Å². The van der Waals surface area contributed by atoms with E-state index in [1.165, 1.54) is 47.1 Å². The van der Waals surface area contributed by atoms with Crippen LogP contribution in [0.3, 0.4) is 0 Å². The van der Waals surface area contributed by atoms with Gasteiger partial charge in [0.05, 0.1) is 11.4 Å². The smallest absolute Gasteiger partial charge is 0.230 e. The number of benzene rings is 2. The van der Waals surface area contributed by atoms with Crippen LogP contribution in [0.5, 0.6) is 0 Å². The number of carbonyl (C=O) groups is 2. The summed E-state index contributed by atoms with van der Waals surface area (Å²) in [6.45, 7) is 1.49. The zero-order chi connectivity index (χ0) is 19.7. The predicted molar refractivity (Wildman–Crippen MR) is 111 cm³/mol. The summed E-state index contributed by atoms with van der Waals surface area (Å²) in [7, 11) is 0. The summed E-state index contributed by atoms with van der Waals surface area (Å²) in [5.74, 6) is -0.257. The van der Waals surface area contributed by atoms with Crippen LogP contribution >= 0.6 is 23.1 Å². The number of rotatable bonds is 3. The van der Waals surface area contributed by atoms with Gasteiger partial charge < -0.3 is 0 Å². The summed E-state index contributed by atoms with van der Waals surface area (Å²) in [5, 5.41) is 2.34. The van der Waals surface area contributed by atoms with Crippen LogP contribution in [0.2, 0.25) is 0 Å². The maximum atomic E-state index is 13.5. The summed E-state index contributed by atoms with van der Waals surface area (Å²) in [6.07, 6.45) is 1.71. The molecule has 2 heterocycles. The van der Waals surface area contributed by atoms with Crippen molar-refractivity contribution in [3.8, 4) is 0 Å². The molecular weight excluding hydrogens is 395 g/mol. The fourth-order valence-electron chi connectivity index (χ4n) is 2.93. The number of hydrogen-bond donors (Lipinski definition) is 0. The highest BCUT2D eigenvalue weighted by atomic mass is 32.2. The van der Waals surface area contributed by atoms with Gasteiger partial charge in [0.2, 0.25) is 5.91 Å². The topological polar surface area (TPSA) is 50.3 Å². The molecule has 0 atom stereocenters. The van der Waals surface area contributed by atoms with E-state index < -0.39 is 5.82 Å². The Labute approximate surface area is 169 Å². The number of aromatic nitrogens is 1. The number of para-hydroxylation sites is 1. The van der Waals surface area contributed by atoms with Crippen molar-refractivity contribution < 1.29 is 14.0 Å². The Kier molecular flexibility index (Phi) is 5.11. The SMILES string of the molecule is CC(=O)N(c1ccccc1)c1nc(/C=C2\CSc3ccc(F)cc3C2=O)cs1. The third-order valence-electron chi connectivity index (χ3n) is 4.21. The molecule has 0 spiro atoms. The third kappa shape index (κ3) is 3.63. The van der Waals surface area contributed by atoms with E-state index in [9.17, 15) is 14.0 Å². The number of anilines is 2. The van der Waals surface area contributed by atoms with Crippen molar-refractivity contribution >= 4 is 51.7 Å². The van der Waals surface area contributed by atoms with Gasteiger partial charge in [0.15, 0.2) is 10.9 Å². The van der Waals surface area contributed by atoms with Crippen LogP contribution in [0.4, 0.5) is 15.2 Å². The lowest BCUT2D eigenvalue weighted by Crippen LogP contribution is -2.22. The van der Waals surface area contributed by atoms with Gasteiger partial charge in [-0.3, -0.25) is 14.5 Å². The average Bonchev–Trinajstić information content (AvgIpc) is 3.13. The molecule has 140 valence electrons. The first kappa shape index (κ1) is 18.6. The molecule has 7 heteroatoms. The lowest BCUT2D eigenvalue weighted by Gasteiger charge is -2.17. The Morgan fingerprint density at radius 2 is 2.00 bits per heavy atom. The molecule has 2 aromatic carbocycles. The lowest BCUT2D eigenvalue weighted by atomic mass is 10.0. The molecule has 0 N–H and O–H groups in total. The zero-order valence-corrected chi connectivity index (χ0v) is 16.5. The highest BCUT2D eigenvalue weighted by Crippen LogP contribution is 2.35. The van der Waals surface area contributed by atoms with Gasteiger partial charge in [-0.1, -0.05) is 18.2 Å². The Balaban J connectivity index is 1.64. The molecule has 0 fully saturated rings. The maximum Gasteiger partial charge on any atom is 0.230 e. The number of ketones is 1. The number of thioether (sulfide) groups is 1. The molecule has 0 unspecified atom stereocenters. The van der Waals surface area contributed by atoms with E-state index >= 15 is 0 Å². The number of thiazole rings is 1. The van der Waals surface area contributed by atoms with Crippen LogP contribution in [0, 0.1) is 5.82 Å². The lowest BCUT2D eigenvalue weighted by molar-refractivity contribution is -0.115. The van der Waals surface area contributed by atoms with Crippen molar-refractivity contribution in [2.24, 2.45) is 0 Å². The van der Waals surface area contributed by atoms with Gasteiger partial charge in [-0.15, -0.1) is 23.1 Å². The Morgan fingerprint density at radius 3 is 2.75 bits per heavy atom. The third-order valence-corrected chi connectivity index (χ3v) is 6.18. The minimum atomic E-state index is -0.426. The highest BCUT2D eigenvalue weighted by Gasteiger charge is 2.24. The van der Waals surface area contributed by atoms with Gasteiger partial charge in [0, 0.05) is 34.1 Å². The Bertz CT molecular complexity index is 1090. The van der Waals surface area contributed by atoms with Crippen LogP contribution in [-0.2, 0) is 4.79 Å². The van der Waals surface area contributed by atoms with Crippen molar-refractivity contribution in [2.45, 2.75) is 11.8 Å². The molecule has 1 aliphatic rings. The molecule has 0 aliphatic carbocycles. The number of Topliss-reactive ketones (excluding diaryl/α,β-unsaturated/α-hetero) is 1. The molecule has 28 heavy (non-hydrogen) atoms. The predicted octanol–water partition coefficient (Wildman–Crippen LogP) is 5.34. The van der Waals surface area contributed by atoms with Gasteiger partial charge in [-0.05, 0) is 36.4 Å². The van der Waals surface area contributed by atoms with E-state index in [1.807, 2.05) is 30.3 Å². The molecule has 0 saturated carbocycles. The van der Waals surface area contributed by atoms with Crippen LogP contribution in [0.1, 0.15) is 23.0 Å². The first-order chi connectivity index (χ1) is 13.5. The molecule has 1 amide bonds. The maximum absolute atomic E-state index is 13.5. The summed E-state index contributed by atoms with van der Waals surface area (Å²) in [5.41, 5.74) is 2.28. The molecular formula is C21H15FN2O2S2. The number of nitrogens with zero attached hydrogens (tertiary/aromatic N) is 2. The standard InChI is InChI=1S/C21H15FN2O2S2/c1-13(25)24(17-5-3-2-4-6-17)21-23-16(12-28-21)9-14-11-27-19-8-7-15(22)10-18(19)20(14)26/h2-10,12H,11H2,1H3/b14-9+. The van der Waals surface area contributed by atoms with Crippen LogP contribution in [0.15, 0.2) is 64.4 Å². The number of amides is 1. The summed E-state index contributed by atoms with van der Waals surface area (Å²) >= 11 is 2.83. The zero-order valence-electron chi connectivity index (χ0n) is 14.9. The minimum Gasteiger partial charge on any atom is -0.289 e. The molecule has 4 nitrogen and oxygen atoms in total. The van der Waals surface area contributed by atoms with Crippen molar-refractivity contribution in [1.82, 2.24) is 4.98 Å². The number of carbonyl (C=O) groups excluding carboxylic acids is 2. The minimum absolute atomic E-state index is 0.145. The van der Waals surface area contributed by atoms with Crippen LogP contribution in [0.25, 0.3) is 6.08 Å². The Morgan fingerprint density at radius 1 is 1.21 bits per heavy atom. The van der Waals surface area contributed by atoms with Gasteiger partial charge in [-0.2, -0.15) is 0 Å². The normalized spacial score (nSPS) is 14.8. The van der Waals surface area contributed by atoms with Crippen molar-refractivity contribution in [2.75, 3.05) is 10.7 Å². The molecule has 0 saturated heterocycles. The number of hydrogen-bond acceptors (Lipinski definition) is 5. The average molecular weight is 410 g/mol. The fourth-order valence-corrected chi connectivity index (χ4v) is 4.78. The van der Waals surface area contributed by atoms with Crippen LogP contribution in [-0.4, -0.2) is 22.4 Å². The van der Waals surface area contributed by atoms with E-state index in [1.54, 1.807) is 17.5 Å². The second kappa shape index (κ2) is 7.69. The monoisotopic (exact) mass is 410 g/mol. The van der Waals surface area contributed by atoms with E-state index in [0.717, 1.165) is 10.6 Å². The highest BCUT2D eigenvalue weighted by molar-refractivity contribution is 7.99. The van der Waals surface area contributed by atoms with Gasteiger partial charge in [-0.25, -0.2) is 9.37 Å². The first-order valence-electron chi connectivity index (χ1n) is 8.52. The second-order valence-corrected chi connectivity index (χ2v) is 8.03. The van der Waals surface area contributed by atoms with E-state index in [4.69, 9.17) is 0 Å². The number of halogens is 1. The van der Waals surface area contributed by atoms with E-state index in [0.29, 0.717) is 27.7 Å². The molecule has 3 aromatic rings. The first-order valence-corrected chi connectivity index (χ1v) is 10.4. The largest absolute Gasteiger partial charge is 0.289 e. The Hall–Kier alpha value is -2.77.